The number of piperidine rings is 1. The van der Waals surface area contributed by atoms with Gasteiger partial charge in [0.2, 0.25) is 10.0 Å². The van der Waals surface area contributed by atoms with Gasteiger partial charge in [-0.05, 0) is 55.2 Å². The van der Waals surface area contributed by atoms with Crippen molar-refractivity contribution in [2.75, 3.05) is 31.1 Å². The van der Waals surface area contributed by atoms with Gasteiger partial charge in [0, 0.05) is 37.5 Å². The Labute approximate surface area is 180 Å². The zero-order chi connectivity index (χ0) is 22.0. The first-order valence-corrected chi connectivity index (χ1v) is 11.6. The lowest BCUT2D eigenvalue weighted by atomic mass is 10.2. The lowest BCUT2D eigenvalue weighted by Crippen LogP contribution is -2.35. The molecule has 31 heavy (non-hydrogen) atoms. The fraction of sp³-hybridized carbons (Fsp3) is 0.381. The number of nitro benzene ring substituents is 1. The molecular formula is C21H23N3O6S. The number of nitrogens with zero attached hydrogens (tertiary/aromatic N) is 3. The zero-order valence-electron chi connectivity index (χ0n) is 16.9. The maximum absolute atomic E-state index is 12.9. The molecule has 2 aromatic rings. The number of hydrogen-bond donors (Lipinski definition) is 0. The number of carbonyl (C=O) groups excluding carboxylic acids is 1. The van der Waals surface area contributed by atoms with Crippen LogP contribution in [0.2, 0.25) is 0 Å². The Morgan fingerprint density at radius 2 is 1.74 bits per heavy atom. The average molecular weight is 445 g/mol. The molecule has 0 bridgehead atoms. The van der Waals surface area contributed by atoms with E-state index < -0.39 is 14.9 Å². The molecule has 1 saturated heterocycles. The van der Waals surface area contributed by atoms with Crippen LogP contribution in [0, 0.1) is 10.1 Å². The predicted octanol–water partition coefficient (Wildman–Crippen LogP) is 2.74. The quantitative estimate of drug-likeness (QED) is 0.499. The molecule has 0 radical (unpaired) electrons. The van der Waals surface area contributed by atoms with Crippen molar-refractivity contribution in [3.05, 3.63) is 58.1 Å². The van der Waals surface area contributed by atoms with E-state index in [4.69, 9.17) is 4.74 Å². The highest BCUT2D eigenvalue weighted by atomic mass is 32.2. The van der Waals surface area contributed by atoms with Gasteiger partial charge in [-0.25, -0.2) is 8.42 Å². The summed E-state index contributed by atoms with van der Waals surface area (Å²) in [6.45, 7) is 1.32. The third kappa shape index (κ3) is 4.40. The van der Waals surface area contributed by atoms with Crippen molar-refractivity contribution < 1.29 is 22.9 Å². The highest BCUT2D eigenvalue weighted by molar-refractivity contribution is 7.89. The Morgan fingerprint density at radius 3 is 2.42 bits per heavy atom. The highest BCUT2D eigenvalue weighted by Gasteiger charge is 2.30. The van der Waals surface area contributed by atoms with Gasteiger partial charge in [-0.2, -0.15) is 4.31 Å². The summed E-state index contributed by atoms with van der Waals surface area (Å²) in [6.07, 6.45) is 3.37. The van der Waals surface area contributed by atoms with Gasteiger partial charge in [0.05, 0.1) is 9.82 Å². The highest BCUT2D eigenvalue weighted by Crippen LogP contribution is 2.32. The van der Waals surface area contributed by atoms with Gasteiger partial charge in [-0.1, -0.05) is 6.42 Å². The van der Waals surface area contributed by atoms with Gasteiger partial charge >= 0.3 is 0 Å². The molecule has 0 spiro atoms. The van der Waals surface area contributed by atoms with Crippen LogP contribution in [-0.4, -0.2) is 49.8 Å². The molecule has 1 amide bonds. The molecule has 1 fully saturated rings. The van der Waals surface area contributed by atoms with Crippen LogP contribution in [0.3, 0.4) is 0 Å². The summed E-state index contributed by atoms with van der Waals surface area (Å²) in [5.74, 6) is 0.102. The molecule has 0 aliphatic carbocycles. The van der Waals surface area contributed by atoms with E-state index in [0.29, 0.717) is 37.5 Å². The molecule has 0 saturated carbocycles. The smallest absolute Gasteiger partial charge is 0.269 e. The van der Waals surface area contributed by atoms with Crippen molar-refractivity contribution in [3.8, 4) is 5.75 Å². The molecule has 2 heterocycles. The van der Waals surface area contributed by atoms with Crippen LogP contribution in [0.15, 0.2) is 47.4 Å². The molecule has 9 nitrogen and oxygen atoms in total. The second-order valence-corrected chi connectivity index (χ2v) is 9.53. The number of ether oxygens (including phenoxy) is 1. The largest absolute Gasteiger partial charge is 0.484 e. The number of hydrogen-bond acceptors (Lipinski definition) is 6. The van der Waals surface area contributed by atoms with E-state index in [0.717, 1.165) is 24.8 Å². The minimum Gasteiger partial charge on any atom is -0.484 e. The summed E-state index contributed by atoms with van der Waals surface area (Å²) in [7, 11) is -3.52. The summed E-state index contributed by atoms with van der Waals surface area (Å²) in [5, 5.41) is 10.7. The van der Waals surface area contributed by atoms with E-state index in [2.05, 4.69) is 0 Å². The first kappa shape index (κ1) is 21.3. The normalized spacial score (nSPS) is 16.7. The van der Waals surface area contributed by atoms with Gasteiger partial charge in [0.25, 0.3) is 11.6 Å². The fourth-order valence-electron chi connectivity index (χ4n) is 3.94. The van der Waals surface area contributed by atoms with E-state index in [1.54, 1.807) is 23.1 Å². The summed E-state index contributed by atoms with van der Waals surface area (Å²) in [6, 6.07) is 10.4. The summed E-state index contributed by atoms with van der Waals surface area (Å²) < 4.78 is 32.8. The Hall–Kier alpha value is -2.98. The molecule has 10 heteroatoms. The zero-order valence-corrected chi connectivity index (χ0v) is 17.7. The van der Waals surface area contributed by atoms with Gasteiger partial charge in [-0.3, -0.25) is 14.9 Å². The number of fused-ring (bicyclic) bond motifs is 1. The Kier molecular flexibility index (Phi) is 5.92. The minimum absolute atomic E-state index is 0.0533. The van der Waals surface area contributed by atoms with Crippen molar-refractivity contribution in [2.24, 2.45) is 0 Å². The van der Waals surface area contributed by atoms with Crippen LogP contribution in [0.25, 0.3) is 0 Å². The fourth-order valence-corrected chi connectivity index (χ4v) is 5.51. The van der Waals surface area contributed by atoms with Crippen LogP contribution >= 0.6 is 0 Å². The second kappa shape index (κ2) is 8.64. The number of sulfonamides is 1. The molecule has 0 unspecified atom stereocenters. The number of non-ortho nitro benzene ring substituents is 1. The molecule has 0 N–H and O–H groups in total. The molecule has 4 rings (SSSR count). The van der Waals surface area contributed by atoms with Gasteiger partial charge in [0.1, 0.15) is 5.75 Å². The lowest BCUT2D eigenvalue weighted by molar-refractivity contribution is -0.384. The third-order valence-corrected chi connectivity index (χ3v) is 7.50. The van der Waals surface area contributed by atoms with Crippen LogP contribution in [0.4, 0.5) is 11.4 Å². The predicted molar refractivity (Wildman–Crippen MR) is 114 cm³/mol. The van der Waals surface area contributed by atoms with Crippen molar-refractivity contribution in [1.29, 1.82) is 0 Å². The Bertz CT molecular complexity index is 1090. The number of nitro groups is 1. The molecule has 164 valence electrons. The van der Waals surface area contributed by atoms with Crippen molar-refractivity contribution >= 4 is 27.3 Å². The van der Waals surface area contributed by atoms with Crippen molar-refractivity contribution in [3.63, 3.8) is 0 Å². The van der Waals surface area contributed by atoms with Gasteiger partial charge < -0.3 is 9.64 Å². The molecule has 2 aliphatic heterocycles. The van der Waals surface area contributed by atoms with Crippen LogP contribution in [0.1, 0.15) is 24.8 Å². The molecule has 2 aromatic carbocycles. The van der Waals surface area contributed by atoms with E-state index in [-0.39, 0.29) is 23.1 Å². The number of carbonyl (C=O) groups is 1. The van der Waals surface area contributed by atoms with Crippen molar-refractivity contribution in [1.82, 2.24) is 4.31 Å². The van der Waals surface area contributed by atoms with Crippen LogP contribution in [-0.2, 0) is 21.2 Å². The molecule has 2 aliphatic rings. The maximum atomic E-state index is 12.9. The Balaban J connectivity index is 1.43. The number of rotatable bonds is 6. The average Bonchev–Trinajstić information content (AvgIpc) is 3.22. The standard InChI is InChI=1S/C21H23N3O6S/c25-21(15-30-18-6-4-17(5-7-18)24(26)27)23-13-10-16-14-19(8-9-20(16)23)31(28,29)22-11-2-1-3-12-22/h4-9,14H,1-3,10-13,15H2. The second-order valence-electron chi connectivity index (χ2n) is 7.59. The summed E-state index contributed by atoms with van der Waals surface area (Å²) >= 11 is 0. The summed E-state index contributed by atoms with van der Waals surface area (Å²) in [5.41, 5.74) is 1.46. The SMILES string of the molecule is O=C(COc1ccc([N+](=O)[O-])cc1)N1CCc2cc(S(=O)(=O)N3CCCCC3)ccc21. The number of benzene rings is 2. The van der Waals surface area contributed by atoms with Gasteiger partial charge in [0.15, 0.2) is 6.61 Å². The minimum atomic E-state index is -3.52. The number of amides is 1. The van der Waals surface area contributed by atoms with E-state index >= 15 is 0 Å². The molecule has 0 atom stereocenters. The maximum Gasteiger partial charge on any atom is 0.269 e. The third-order valence-electron chi connectivity index (χ3n) is 5.61. The molecule has 0 aromatic heterocycles. The van der Waals surface area contributed by atoms with E-state index in [9.17, 15) is 23.3 Å². The van der Waals surface area contributed by atoms with E-state index in [1.165, 1.54) is 28.6 Å². The lowest BCUT2D eigenvalue weighted by Gasteiger charge is -2.26. The first-order valence-electron chi connectivity index (χ1n) is 10.2. The molecular weight excluding hydrogens is 422 g/mol. The van der Waals surface area contributed by atoms with Crippen LogP contribution in [0.5, 0.6) is 5.75 Å². The summed E-state index contributed by atoms with van der Waals surface area (Å²) in [4.78, 5) is 24.7. The van der Waals surface area contributed by atoms with Crippen molar-refractivity contribution in [2.45, 2.75) is 30.6 Å². The first-order chi connectivity index (χ1) is 14.9. The topological polar surface area (TPSA) is 110 Å². The van der Waals surface area contributed by atoms with Gasteiger partial charge in [-0.15, -0.1) is 0 Å². The Morgan fingerprint density at radius 1 is 1.03 bits per heavy atom. The number of anilines is 1. The monoisotopic (exact) mass is 445 g/mol. The van der Waals surface area contributed by atoms with Crippen LogP contribution < -0.4 is 9.64 Å². The van der Waals surface area contributed by atoms with E-state index in [1.807, 2.05) is 0 Å².